The maximum absolute atomic E-state index is 12.2. The molecule has 0 heterocycles. The van der Waals surface area contributed by atoms with E-state index in [0.717, 1.165) is 21.3 Å². The van der Waals surface area contributed by atoms with Gasteiger partial charge in [-0.3, -0.25) is 4.79 Å². The Morgan fingerprint density at radius 1 is 1.04 bits per heavy atom. The number of ether oxygens (including phenoxy) is 2. The van der Waals surface area contributed by atoms with Gasteiger partial charge in [-0.05, 0) is 59.7 Å². The molecule has 0 saturated heterocycles. The summed E-state index contributed by atoms with van der Waals surface area (Å²) in [5, 5.41) is 3.98. The molecule has 0 aromatic heterocycles. The highest BCUT2D eigenvalue weighted by Gasteiger charge is 2.05. The summed E-state index contributed by atoms with van der Waals surface area (Å²) in [6.07, 6.45) is 1.57. The number of amides is 1. The second kappa shape index (κ2) is 9.71. The highest BCUT2D eigenvalue weighted by Crippen LogP contribution is 2.17. The van der Waals surface area contributed by atoms with Crippen LogP contribution in [0, 0.1) is 0 Å². The van der Waals surface area contributed by atoms with Crippen LogP contribution in [-0.2, 0) is 6.61 Å². The van der Waals surface area contributed by atoms with E-state index in [4.69, 9.17) is 9.47 Å². The summed E-state index contributed by atoms with van der Waals surface area (Å²) in [6.45, 7) is 0.454. The Bertz CT molecular complexity index is 972. The Labute approximate surface area is 172 Å². The fraction of sp³-hybridized carbons (Fsp3) is 0.0909. The first-order valence-corrected chi connectivity index (χ1v) is 9.38. The van der Waals surface area contributed by atoms with E-state index in [1.165, 1.54) is 0 Å². The summed E-state index contributed by atoms with van der Waals surface area (Å²) in [6, 6.07) is 22.2. The molecule has 0 aliphatic rings. The molecule has 0 unspecified atom stereocenters. The monoisotopic (exact) mass is 438 g/mol. The SMILES string of the molecule is COc1cccc(C=NNC(=O)c2ccc(OCc3cccc(Br)c3)cc2)c1. The van der Waals surface area contributed by atoms with E-state index in [2.05, 4.69) is 26.5 Å². The molecule has 0 fully saturated rings. The van der Waals surface area contributed by atoms with Crippen LogP contribution in [0.3, 0.4) is 0 Å². The van der Waals surface area contributed by atoms with Crippen molar-refractivity contribution in [2.45, 2.75) is 6.61 Å². The second-order valence-electron chi connectivity index (χ2n) is 5.92. The van der Waals surface area contributed by atoms with Gasteiger partial charge in [0.05, 0.1) is 13.3 Å². The first kappa shape index (κ1) is 19.6. The summed E-state index contributed by atoms with van der Waals surface area (Å²) in [4.78, 5) is 12.2. The minimum absolute atomic E-state index is 0.294. The smallest absolute Gasteiger partial charge is 0.271 e. The number of hydrazone groups is 1. The normalized spacial score (nSPS) is 10.6. The number of methoxy groups -OCH3 is 1. The standard InChI is InChI=1S/C22H19BrN2O3/c1-27-21-7-3-4-16(13-21)14-24-25-22(26)18-8-10-20(11-9-18)28-15-17-5-2-6-19(23)12-17/h2-14H,15H2,1H3,(H,25,26). The van der Waals surface area contributed by atoms with Gasteiger partial charge in [-0.25, -0.2) is 5.43 Å². The third-order valence-electron chi connectivity index (χ3n) is 3.88. The Balaban J connectivity index is 1.53. The Morgan fingerprint density at radius 3 is 2.57 bits per heavy atom. The lowest BCUT2D eigenvalue weighted by Crippen LogP contribution is -2.17. The average molecular weight is 439 g/mol. The summed E-state index contributed by atoms with van der Waals surface area (Å²) >= 11 is 3.44. The summed E-state index contributed by atoms with van der Waals surface area (Å²) in [5.41, 5.74) is 4.90. The van der Waals surface area contributed by atoms with E-state index in [1.807, 2.05) is 48.5 Å². The molecule has 3 aromatic rings. The van der Waals surface area contributed by atoms with Gasteiger partial charge in [0.1, 0.15) is 18.1 Å². The molecule has 0 atom stereocenters. The van der Waals surface area contributed by atoms with Gasteiger partial charge < -0.3 is 9.47 Å². The summed E-state index contributed by atoms with van der Waals surface area (Å²) < 4.78 is 11.9. The van der Waals surface area contributed by atoms with Crippen molar-refractivity contribution >= 4 is 28.1 Å². The van der Waals surface area contributed by atoms with E-state index >= 15 is 0 Å². The molecule has 0 aliphatic heterocycles. The predicted octanol–water partition coefficient (Wildman–Crippen LogP) is 4.80. The number of carbonyl (C=O) groups is 1. The molecule has 0 aliphatic carbocycles. The molecule has 28 heavy (non-hydrogen) atoms. The number of nitrogens with zero attached hydrogens (tertiary/aromatic N) is 1. The molecule has 0 radical (unpaired) electrons. The van der Waals surface area contributed by atoms with Crippen LogP contribution in [0.25, 0.3) is 0 Å². The molecule has 5 nitrogen and oxygen atoms in total. The van der Waals surface area contributed by atoms with E-state index < -0.39 is 0 Å². The van der Waals surface area contributed by atoms with Gasteiger partial charge in [-0.1, -0.05) is 40.2 Å². The van der Waals surface area contributed by atoms with E-state index in [0.29, 0.717) is 17.9 Å². The van der Waals surface area contributed by atoms with Gasteiger partial charge in [0.2, 0.25) is 0 Å². The molecule has 6 heteroatoms. The first-order chi connectivity index (χ1) is 13.6. The Kier molecular flexibility index (Phi) is 6.81. The lowest BCUT2D eigenvalue weighted by Gasteiger charge is -2.07. The van der Waals surface area contributed by atoms with Gasteiger partial charge >= 0.3 is 0 Å². The molecule has 0 bridgehead atoms. The van der Waals surface area contributed by atoms with Crippen molar-refractivity contribution in [3.05, 3.63) is 94.0 Å². The Morgan fingerprint density at radius 2 is 1.82 bits per heavy atom. The third kappa shape index (κ3) is 5.69. The molecule has 0 saturated carbocycles. The zero-order valence-corrected chi connectivity index (χ0v) is 16.8. The third-order valence-corrected chi connectivity index (χ3v) is 4.38. The number of rotatable bonds is 7. The predicted molar refractivity (Wildman–Crippen MR) is 113 cm³/mol. The summed E-state index contributed by atoms with van der Waals surface area (Å²) in [5.74, 6) is 1.13. The molecule has 0 spiro atoms. The molecule has 1 N–H and O–H groups in total. The van der Waals surface area contributed by atoms with E-state index in [9.17, 15) is 4.79 Å². The van der Waals surface area contributed by atoms with Gasteiger partial charge in [-0.15, -0.1) is 0 Å². The van der Waals surface area contributed by atoms with Crippen LogP contribution in [0.4, 0.5) is 0 Å². The quantitative estimate of drug-likeness (QED) is 0.425. The highest BCUT2D eigenvalue weighted by atomic mass is 79.9. The lowest BCUT2D eigenvalue weighted by atomic mass is 10.2. The average Bonchev–Trinajstić information content (AvgIpc) is 2.73. The number of carbonyl (C=O) groups excluding carboxylic acids is 1. The topological polar surface area (TPSA) is 59.9 Å². The molecule has 1 amide bonds. The molecule has 3 aromatic carbocycles. The number of halogens is 1. The molecule has 142 valence electrons. The summed E-state index contributed by atoms with van der Waals surface area (Å²) in [7, 11) is 1.60. The molecular formula is C22H19BrN2O3. The minimum atomic E-state index is -0.294. The van der Waals surface area contributed by atoms with Crippen molar-refractivity contribution in [2.24, 2.45) is 5.10 Å². The first-order valence-electron chi connectivity index (χ1n) is 8.59. The second-order valence-corrected chi connectivity index (χ2v) is 6.83. The number of benzene rings is 3. The number of hydrogen-bond acceptors (Lipinski definition) is 4. The van der Waals surface area contributed by atoms with Crippen molar-refractivity contribution in [3.63, 3.8) is 0 Å². The Hall–Kier alpha value is -3.12. The van der Waals surface area contributed by atoms with Crippen LogP contribution in [0.1, 0.15) is 21.5 Å². The van der Waals surface area contributed by atoms with Crippen LogP contribution < -0.4 is 14.9 Å². The zero-order valence-electron chi connectivity index (χ0n) is 15.3. The van der Waals surface area contributed by atoms with Crippen LogP contribution in [-0.4, -0.2) is 19.2 Å². The fourth-order valence-corrected chi connectivity index (χ4v) is 2.89. The van der Waals surface area contributed by atoms with Gasteiger partial charge in [0, 0.05) is 10.0 Å². The molecule has 3 rings (SSSR count). The van der Waals surface area contributed by atoms with Crippen LogP contribution in [0.2, 0.25) is 0 Å². The fourth-order valence-electron chi connectivity index (χ4n) is 2.45. The van der Waals surface area contributed by atoms with Gasteiger partial charge in [0.15, 0.2) is 0 Å². The largest absolute Gasteiger partial charge is 0.497 e. The van der Waals surface area contributed by atoms with Gasteiger partial charge in [0.25, 0.3) is 5.91 Å². The van der Waals surface area contributed by atoms with Crippen molar-refractivity contribution in [2.75, 3.05) is 7.11 Å². The van der Waals surface area contributed by atoms with Crippen LogP contribution in [0.15, 0.2) is 82.4 Å². The van der Waals surface area contributed by atoms with Crippen molar-refractivity contribution in [1.82, 2.24) is 5.43 Å². The number of nitrogens with one attached hydrogen (secondary N) is 1. The number of hydrogen-bond donors (Lipinski definition) is 1. The van der Waals surface area contributed by atoms with Gasteiger partial charge in [-0.2, -0.15) is 5.10 Å². The molecular weight excluding hydrogens is 420 g/mol. The van der Waals surface area contributed by atoms with Crippen molar-refractivity contribution in [3.8, 4) is 11.5 Å². The van der Waals surface area contributed by atoms with E-state index in [1.54, 1.807) is 37.6 Å². The van der Waals surface area contributed by atoms with Crippen LogP contribution in [0.5, 0.6) is 11.5 Å². The zero-order chi connectivity index (χ0) is 19.8. The van der Waals surface area contributed by atoms with Crippen LogP contribution >= 0.6 is 15.9 Å². The van der Waals surface area contributed by atoms with Crippen molar-refractivity contribution < 1.29 is 14.3 Å². The minimum Gasteiger partial charge on any atom is -0.497 e. The maximum Gasteiger partial charge on any atom is 0.271 e. The highest BCUT2D eigenvalue weighted by molar-refractivity contribution is 9.10. The van der Waals surface area contributed by atoms with E-state index in [-0.39, 0.29) is 5.91 Å². The lowest BCUT2D eigenvalue weighted by molar-refractivity contribution is 0.0955. The van der Waals surface area contributed by atoms with Crippen molar-refractivity contribution in [1.29, 1.82) is 0 Å². The maximum atomic E-state index is 12.2.